The summed E-state index contributed by atoms with van der Waals surface area (Å²) in [4.78, 5) is 24.0. The van der Waals surface area contributed by atoms with Crippen molar-refractivity contribution in [2.45, 2.75) is 30.7 Å². The van der Waals surface area contributed by atoms with Crippen LogP contribution in [0.4, 0.5) is 0 Å². The van der Waals surface area contributed by atoms with Gasteiger partial charge in [0.25, 0.3) is 0 Å². The van der Waals surface area contributed by atoms with Gasteiger partial charge in [0.05, 0.1) is 12.0 Å². The Balaban J connectivity index is 1.81. The summed E-state index contributed by atoms with van der Waals surface area (Å²) >= 11 is 0. The molecule has 2 aromatic heterocycles. The zero-order valence-corrected chi connectivity index (χ0v) is 18.6. The molecule has 194 valence electrons. The van der Waals surface area contributed by atoms with E-state index in [9.17, 15) is 45.3 Å². The second kappa shape index (κ2) is 9.06. The molecule has 0 saturated carbocycles. The third kappa shape index (κ3) is 4.14. The number of hydrogen-bond acceptors (Lipinski definition) is 12. The van der Waals surface area contributed by atoms with Crippen LogP contribution in [0.25, 0.3) is 33.3 Å². The van der Waals surface area contributed by atoms with Gasteiger partial charge in [-0.25, -0.2) is 4.79 Å². The molecule has 1 fully saturated rings. The molecule has 37 heavy (non-hydrogen) atoms. The molecule has 0 bridgehead atoms. The highest BCUT2D eigenvalue weighted by atomic mass is 16.7. The number of carbonyl (C=O) groups is 1. The Morgan fingerprint density at radius 3 is 2.27 bits per heavy atom. The van der Waals surface area contributed by atoms with Crippen LogP contribution in [0.1, 0.15) is 10.6 Å². The Kier molecular flexibility index (Phi) is 6.01. The molecule has 3 heterocycles. The van der Waals surface area contributed by atoms with Gasteiger partial charge < -0.3 is 54.1 Å². The van der Waals surface area contributed by atoms with Crippen molar-refractivity contribution in [3.8, 4) is 28.6 Å². The normalized spacial score (nSPS) is 23.9. The minimum Gasteiger partial charge on any atom is -0.504 e. The molecule has 5 atom stereocenters. The molecular formula is C24H20O13. The monoisotopic (exact) mass is 516 g/mol. The number of aromatic carboxylic acids is 1. The van der Waals surface area contributed by atoms with Crippen molar-refractivity contribution in [1.29, 1.82) is 0 Å². The van der Waals surface area contributed by atoms with Gasteiger partial charge in [-0.05, 0) is 18.2 Å². The van der Waals surface area contributed by atoms with E-state index in [0.29, 0.717) is 0 Å². The highest BCUT2D eigenvalue weighted by Crippen LogP contribution is 2.44. The second-order valence-corrected chi connectivity index (χ2v) is 8.40. The van der Waals surface area contributed by atoms with Crippen LogP contribution >= 0.6 is 0 Å². The van der Waals surface area contributed by atoms with E-state index in [1.54, 1.807) is 0 Å². The number of hydrogen-bond donors (Lipinski definition) is 7. The van der Waals surface area contributed by atoms with Crippen molar-refractivity contribution >= 4 is 27.9 Å². The van der Waals surface area contributed by atoms with Crippen LogP contribution in [-0.4, -0.2) is 79.0 Å². The van der Waals surface area contributed by atoms with E-state index in [-0.39, 0.29) is 39.0 Å². The number of aliphatic hydroxyl groups excluding tert-OH is 4. The van der Waals surface area contributed by atoms with Gasteiger partial charge in [-0.1, -0.05) is 0 Å². The quantitative estimate of drug-likeness (QED) is 0.180. The standard InChI is InChI=1S/C24H20O13/c25-7-16-18(29)19(30)20(31)24(36-16)37-22-10-6-15(23(32)33)34-13-4-9(26)5-14(17(10)13)35-21(22)8-1-2-11(27)12(28)3-8/h1-6,16,18-20,24-25,27-31H,7H2,(H,32,33)/t16-,18-,19?,20?,24+/m1/s1. The zero-order valence-electron chi connectivity index (χ0n) is 18.6. The molecule has 1 aliphatic heterocycles. The molecule has 0 radical (unpaired) electrons. The molecule has 1 saturated heterocycles. The third-order valence-corrected chi connectivity index (χ3v) is 6.00. The predicted molar refractivity (Wildman–Crippen MR) is 122 cm³/mol. The molecule has 0 aliphatic carbocycles. The average molecular weight is 516 g/mol. The van der Waals surface area contributed by atoms with E-state index in [1.165, 1.54) is 6.07 Å². The Bertz CT molecular complexity index is 1570. The van der Waals surface area contributed by atoms with Gasteiger partial charge in [-0.3, -0.25) is 4.79 Å². The van der Waals surface area contributed by atoms with Crippen molar-refractivity contribution in [3.63, 3.8) is 0 Å². The molecule has 4 aromatic rings. The van der Waals surface area contributed by atoms with Crippen LogP contribution in [0, 0.1) is 0 Å². The van der Waals surface area contributed by atoms with Crippen LogP contribution in [-0.2, 0) is 4.74 Å². The Hall–Kier alpha value is -4.14. The first-order valence-electron chi connectivity index (χ1n) is 10.9. The molecule has 13 heteroatoms. The van der Waals surface area contributed by atoms with E-state index in [0.717, 1.165) is 30.3 Å². The van der Waals surface area contributed by atoms with Gasteiger partial charge in [-0.15, -0.1) is 0 Å². The van der Waals surface area contributed by atoms with E-state index in [4.69, 9.17) is 18.3 Å². The largest absolute Gasteiger partial charge is 0.504 e. The zero-order chi connectivity index (χ0) is 26.6. The fourth-order valence-electron chi connectivity index (χ4n) is 4.16. The first-order chi connectivity index (χ1) is 17.6. The van der Waals surface area contributed by atoms with Gasteiger partial charge >= 0.3 is 5.97 Å². The van der Waals surface area contributed by atoms with Gasteiger partial charge in [0.1, 0.15) is 35.6 Å². The Labute approximate surface area is 205 Å². The molecule has 13 nitrogen and oxygen atoms in total. The first-order valence-corrected chi connectivity index (χ1v) is 10.9. The number of phenols is 2. The summed E-state index contributed by atoms with van der Waals surface area (Å²) in [6, 6.07) is 6.82. The molecule has 2 aromatic carbocycles. The summed E-state index contributed by atoms with van der Waals surface area (Å²) in [7, 11) is 0. The smallest absolute Gasteiger partial charge is 0.371 e. The number of phenolic OH excluding ortho intramolecular Hbond substituents is 2. The molecule has 0 amide bonds. The van der Waals surface area contributed by atoms with E-state index >= 15 is 0 Å². The maximum atomic E-state index is 12.3. The van der Waals surface area contributed by atoms with E-state index in [2.05, 4.69) is 0 Å². The fourth-order valence-corrected chi connectivity index (χ4v) is 4.16. The summed E-state index contributed by atoms with van der Waals surface area (Å²) in [5.41, 5.74) is -0.657. The van der Waals surface area contributed by atoms with Crippen LogP contribution in [0.5, 0.6) is 17.2 Å². The van der Waals surface area contributed by atoms with Gasteiger partial charge in [0, 0.05) is 29.1 Å². The van der Waals surface area contributed by atoms with E-state index < -0.39 is 66.0 Å². The maximum Gasteiger partial charge on any atom is 0.371 e. The average Bonchev–Trinajstić information content (AvgIpc) is 2.86. The van der Waals surface area contributed by atoms with E-state index in [1.807, 2.05) is 0 Å². The predicted octanol–water partition coefficient (Wildman–Crippen LogP) is 0.494. The molecule has 1 aliphatic rings. The van der Waals surface area contributed by atoms with Crippen molar-refractivity contribution < 1.29 is 58.8 Å². The second-order valence-electron chi connectivity index (χ2n) is 8.40. The Morgan fingerprint density at radius 2 is 1.62 bits per heavy atom. The molecular weight excluding hydrogens is 496 g/mol. The summed E-state index contributed by atoms with van der Waals surface area (Å²) in [5.74, 6) is -3.49. The minimum atomic E-state index is -1.83. The maximum absolute atomic E-state index is 12.3. The summed E-state index contributed by atoms with van der Waals surface area (Å²) in [5, 5.41) is 69.9. The fraction of sp³-hybridized carbons (Fsp3) is 0.250. The van der Waals surface area contributed by atoms with Gasteiger partial charge in [0.15, 0.2) is 28.4 Å². The van der Waals surface area contributed by atoms with Gasteiger partial charge in [-0.2, -0.15) is 0 Å². The summed E-state index contributed by atoms with van der Waals surface area (Å²) in [6.45, 7) is -0.730. The summed E-state index contributed by atoms with van der Waals surface area (Å²) in [6.07, 6.45) is -8.28. The van der Waals surface area contributed by atoms with Crippen molar-refractivity contribution in [3.05, 3.63) is 52.4 Å². The lowest BCUT2D eigenvalue weighted by atomic mass is 9.99. The third-order valence-electron chi connectivity index (χ3n) is 6.00. The molecule has 2 unspecified atom stereocenters. The van der Waals surface area contributed by atoms with Crippen LogP contribution in [0.15, 0.2) is 50.0 Å². The number of aliphatic hydroxyl groups is 4. The van der Waals surface area contributed by atoms with Crippen LogP contribution in [0.2, 0.25) is 0 Å². The van der Waals surface area contributed by atoms with Crippen molar-refractivity contribution in [2.24, 2.45) is 0 Å². The number of ether oxygens (including phenoxy) is 2. The number of carboxylic acids is 1. The topological polar surface area (TPSA) is 220 Å². The molecule has 5 rings (SSSR count). The number of benzene rings is 2. The molecule has 7 N–H and O–H groups in total. The first kappa shape index (κ1) is 24.5. The SMILES string of the molecule is O=C(O)c1cc2c(O[C@@H]3O[C@H](CO)[C@@H](O)C(O)C3O)c(-c3ccc(O)c(O)c3)oc3cc(=O)cc(o1)c32. The number of carboxylic acid groups (broad SMARTS) is 1. The van der Waals surface area contributed by atoms with Gasteiger partial charge in [0.2, 0.25) is 12.1 Å². The number of aromatic hydroxyl groups is 2. The lowest BCUT2D eigenvalue weighted by Gasteiger charge is -2.39. The minimum absolute atomic E-state index is 0.0272. The van der Waals surface area contributed by atoms with Crippen molar-refractivity contribution in [2.75, 3.05) is 6.61 Å². The summed E-state index contributed by atoms with van der Waals surface area (Å²) < 4.78 is 22.6. The van der Waals surface area contributed by atoms with Crippen LogP contribution < -0.4 is 10.2 Å². The highest BCUT2D eigenvalue weighted by molar-refractivity contribution is 6.11. The van der Waals surface area contributed by atoms with Crippen LogP contribution in [0.3, 0.4) is 0 Å². The lowest BCUT2D eigenvalue weighted by molar-refractivity contribution is -0.277. The highest BCUT2D eigenvalue weighted by Gasteiger charge is 2.45. The van der Waals surface area contributed by atoms with Crippen molar-refractivity contribution in [1.82, 2.24) is 0 Å². The number of rotatable bonds is 5. The lowest BCUT2D eigenvalue weighted by Crippen LogP contribution is -2.60. The molecule has 0 spiro atoms. The Morgan fingerprint density at radius 1 is 0.919 bits per heavy atom.